The van der Waals surface area contributed by atoms with E-state index in [4.69, 9.17) is 28.2 Å². The molecule has 6 rings (SSSR count). The minimum absolute atomic E-state index is 0.240. The number of aromatic nitrogens is 4. The molecule has 0 saturated carbocycles. The van der Waals surface area contributed by atoms with Crippen LogP contribution in [0.25, 0.3) is 11.2 Å². The molecule has 3 aliphatic heterocycles. The lowest BCUT2D eigenvalue weighted by Gasteiger charge is -2.47. The second-order valence-electron chi connectivity index (χ2n) is 10.3. The third kappa shape index (κ3) is 4.74. The first-order valence-corrected chi connectivity index (χ1v) is 13.6. The molecule has 3 unspecified atom stereocenters. The van der Waals surface area contributed by atoms with Crippen LogP contribution in [0.1, 0.15) is 37.1 Å². The predicted octanol–water partition coefficient (Wildman–Crippen LogP) is 3.76. The van der Waals surface area contributed by atoms with E-state index < -0.39 is 0 Å². The lowest BCUT2D eigenvalue weighted by Crippen LogP contribution is -2.54. The normalized spacial score (nSPS) is 23.1. The van der Waals surface area contributed by atoms with E-state index in [0.29, 0.717) is 39.1 Å². The first-order chi connectivity index (χ1) is 18.0. The van der Waals surface area contributed by atoms with Crippen molar-refractivity contribution < 1.29 is 0 Å². The minimum Gasteiger partial charge on any atom is -0.371 e. The van der Waals surface area contributed by atoms with Crippen molar-refractivity contribution in [2.24, 2.45) is 16.8 Å². The van der Waals surface area contributed by atoms with E-state index in [1.54, 1.807) is 23.0 Å². The maximum absolute atomic E-state index is 9.66. The molecule has 3 atom stereocenters. The Bertz CT molecular complexity index is 1370. The molecule has 11 heteroatoms. The predicted molar refractivity (Wildman–Crippen MR) is 145 cm³/mol. The highest BCUT2D eigenvalue weighted by Gasteiger charge is 2.37. The number of hydrogen-bond acceptors (Lipinski definition) is 8. The maximum Gasteiger partial charge on any atom is 0.190 e. The molecule has 9 nitrogen and oxygen atoms in total. The van der Waals surface area contributed by atoms with Crippen LogP contribution in [-0.2, 0) is 0 Å². The summed E-state index contributed by atoms with van der Waals surface area (Å²) in [6, 6.07) is 7.77. The third-order valence-electron chi connectivity index (χ3n) is 7.92. The molecular formula is C26H29Cl2N9. The Kier molecular flexibility index (Phi) is 6.65. The fraction of sp³-hybridized carbons (Fsp3) is 0.500. The summed E-state index contributed by atoms with van der Waals surface area (Å²) in [7, 11) is 0. The zero-order valence-electron chi connectivity index (χ0n) is 20.7. The van der Waals surface area contributed by atoms with Gasteiger partial charge in [-0.25, -0.2) is 14.6 Å². The average molecular weight is 538 g/mol. The number of nitrogens with one attached hydrogen (secondary N) is 1. The standard InChI is InChI=1S/C26H29Cl2N9/c1-16(21-5-4-19(27)7-22(21)28)37-26-25(23(8-29)34-37)31-10-24(33-26)36-12-18(13-36)17-3-2-6-35(11-17)14-20-9-30-15-32-20/h4-5,7,10,15-18,20H,2-3,6,9,11-14H2,1H3,(H,30,32). The van der Waals surface area contributed by atoms with E-state index >= 15 is 0 Å². The van der Waals surface area contributed by atoms with Gasteiger partial charge in [0.1, 0.15) is 17.4 Å². The van der Waals surface area contributed by atoms with Gasteiger partial charge < -0.3 is 15.1 Å². The Morgan fingerprint density at radius 3 is 2.84 bits per heavy atom. The Hall–Kier alpha value is -2.93. The number of rotatable bonds is 6. The third-order valence-corrected chi connectivity index (χ3v) is 8.49. The lowest BCUT2D eigenvalue weighted by molar-refractivity contribution is 0.114. The molecule has 0 spiro atoms. The van der Waals surface area contributed by atoms with Gasteiger partial charge in [0.15, 0.2) is 11.3 Å². The van der Waals surface area contributed by atoms with E-state index in [2.05, 4.69) is 36.3 Å². The number of aliphatic imine (C=N–C) groups is 1. The number of halogens is 2. The summed E-state index contributed by atoms with van der Waals surface area (Å²) in [6.07, 6.45) is 6.14. The fourth-order valence-corrected chi connectivity index (χ4v) is 6.39. The number of benzene rings is 1. The van der Waals surface area contributed by atoms with Crippen molar-refractivity contribution in [1.82, 2.24) is 30.0 Å². The van der Waals surface area contributed by atoms with Gasteiger partial charge in [-0.05, 0) is 55.8 Å². The molecule has 2 saturated heterocycles. The van der Waals surface area contributed by atoms with Gasteiger partial charge in [0.05, 0.1) is 31.2 Å². The average Bonchev–Trinajstić information content (AvgIpc) is 3.50. The minimum atomic E-state index is -0.240. The van der Waals surface area contributed by atoms with Crippen LogP contribution >= 0.6 is 23.2 Å². The number of nitrogens with zero attached hydrogens (tertiary/aromatic N) is 8. The van der Waals surface area contributed by atoms with Crippen molar-refractivity contribution in [3.63, 3.8) is 0 Å². The largest absolute Gasteiger partial charge is 0.371 e. The number of nitriles is 1. The second-order valence-corrected chi connectivity index (χ2v) is 11.2. The Morgan fingerprint density at radius 2 is 2.08 bits per heavy atom. The molecule has 0 radical (unpaired) electrons. The van der Waals surface area contributed by atoms with E-state index in [0.717, 1.165) is 44.1 Å². The van der Waals surface area contributed by atoms with Crippen molar-refractivity contribution in [2.45, 2.75) is 31.8 Å². The molecule has 2 aromatic heterocycles. The Balaban J connectivity index is 1.18. The van der Waals surface area contributed by atoms with Crippen LogP contribution in [0, 0.1) is 23.2 Å². The van der Waals surface area contributed by atoms with E-state index in [9.17, 15) is 5.26 Å². The molecule has 5 heterocycles. The van der Waals surface area contributed by atoms with Gasteiger partial charge >= 0.3 is 0 Å². The van der Waals surface area contributed by atoms with Gasteiger partial charge in [0, 0.05) is 36.2 Å². The number of anilines is 1. The first-order valence-electron chi connectivity index (χ1n) is 12.8. The van der Waals surface area contributed by atoms with Crippen LogP contribution in [0.4, 0.5) is 5.82 Å². The summed E-state index contributed by atoms with van der Waals surface area (Å²) >= 11 is 12.6. The van der Waals surface area contributed by atoms with E-state index in [1.807, 2.05) is 19.3 Å². The highest BCUT2D eigenvalue weighted by Crippen LogP contribution is 2.35. The van der Waals surface area contributed by atoms with Crippen LogP contribution < -0.4 is 10.2 Å². The maximum atomic E-state index is 9.66. The molecule has 1 aromatic carbocycles. The SMILES string of the molecule is CC(c1ccc(Cl)cc1Cl)n1nc(C#N)c2ncc(N3CC(C4CCCN(CC5CN=CN5)C4)C3)nc21. The van der Waals surface area contributed by atoms with Gasteiger partial charge in [0.2, 0.25) is 0 Å². The number of fused-ring (bicyclic) bond motifs is 1. The second kappa shape index (κ2) is 10.1. The number of piperidine rings is 1. The molecule has 0 bridgehead atoms. The highest BCUT2D eigenvalue weighted by atomic mass is 35.5. The molecule has 0 aliphatic carbocycles. The van der Waals surface area contributed by atoms with Crippen molar-refractivity contribution in [1.29, 1.82) is 5.26 Å². The zero-order chi connectivity index (χ0) is 25.5. The summed E-state index contributed by atoms with van der Waals surface area (Å²) < 4.78 is 1.75. The molecule has 1 N–H and O–H groups in total. The van der Waals surface area contributed by atoms with Crippen LogP contribution in [0.15, 0.2) is 29.4 Å². The topological polar surface area (TPSA) is 98.3 Å². The first kappa shape index (κ1) is 24.4. The van der Waals surface area contributed by atoms with Crippen molar-refractivity contribution in [3.8, 4) is 6.07 Å². The van der Waals surface area contributed by atoms with Gasteiger partial charge in [-0.3, -0.25) is 4.99 Å². The van der Waals surface area contributed by atoms with Gasteiger partial charge in [0.25, 0.3) is 0 Å². The zero-order valence-corrected chi connectivity index (χ0v) is 22.2. The summed E-state index contributed by atoms with van der Waals surface area (Å²) in [5.41, 5.74) is 2.22. The van der Waals surface area contributed by atoms with E-state index in [1.165, 1.54) is 19.4 Å². The highest BCUT2D eigenvalue weighted by molar-refractivity contribution is 6.35. The van der Waals surface area contributed by atoms with Crippen LogP contribution in [0.3, 0.4) is 0 Å². The van der Waals surface area contributed by atoms with Crippen LogP contribution in [0.2, 0.25) is 10.0 Å². The van der Waals surface area contributed by atoms with Crippen molar-refractivity contribution in [3.05, 3.63) is 45.7 Å². The molecule has 3 aliphatic rings. The van der Waals surface area contributed by atoms with Crippen molar-refractivity contribution >= 4 is 46.5 Å². The molecule has 0 amide bonds. The summed E-state index contributed by atoms with van der Waals surface area (Å²) in [4.78, 5) is 18.7. The Labute approximate surface area is 226 Å². The molecule has 3 aromatic rings. The molecule has 192 valence electrons. The number of hydrogen-bond donors (Lipinski definition) is 1. The summed E-state index contributed by atoms with van der Waals surface area (Å²) in [5.74, 6) is 2.18. The van der Waals surface area contributed by atoms with Gasteiger partial charge in [-0.2, -0.15) is 10.4 Å². The van der Waals surface area contributed by atoms with E-state index in [-0.39, 0.29) is 11.7 Å². The van der Waals surface area contributed by atoms with Crippen molar-refractivity contribution in [2.75, 3.05) is 44.2 Å². The van der Waals surface area contributed by atoms with Crippen LogP contribution in [0.5, 0.6) is 0 Å². The quantitative estimate of drug-likeness (QED) is 0.510. The molecule has 2 fully saturated rings. The lowest BCUT2D eigenvalue weighted by atomic mass is 9.80. The Morgan fingerprint density at radius 1 is 1.22 bits per heavy atom. The molecule has 37 heavy (non-hydrogen) atoms. The smallest absolute Gasteiger partial charge is 0.190 e. The molecular weight excluding hydrogens is 509 g/mol. The number of likely N-dealkylation sites (tertiary alicyclic amines) is 1. The monoisotopic (exact) mass is 537 g/mol. The van der Waals surface area contributed by atoms with Gasteiger partial charge in [-0.15, -0.1) is 0 Å². The summed E-state index contributed by atoms with van der Waals surface area (Å²) in [5, 5.41) is 18.7. The fourth-order valence-electron chi connectivity index (χ4n) is 5.82. The van der Waals surface area contributed by atoms with Gasteiger partial charge in [-0.1, -0.05) is 29.3 Å². The summed E-state index contributed by atoms with van der Waals surface area (Å²) in [6.45, 7) is 8.21. The van der Waals surface area contributed by atoms with Crippen LogP contribution in [-0.4, -0.2) is 76.3 Å².